The molecule has 6 rings (SSSR count). The number of hydrogen-bond donors (Lipinski definition) is 3. The van der Waals surface area contributed by atoms with E-state index in [1.807, 2.05) is 48.5 Å². The second-order valence-corrected chi connectivity index (χ2v) is 10.4. The van der Waals surface area contributed by atoms with Crippen molar-refractivity contribution >= 4 is 22.9 Å². The molecule has 1 unspecified atom stereocenters. The summed E-state index contributed by atoms with van der Waals surface area (Å²) < 4.78 is 2.19. The van der Waals surface area contributed by atoms with Crippen LogP contribution in [0, 0.1) is 5.92 Å². The number of nitrogens with one attached hydrogen (secondary N) is 1. The second-order valence-electron chi connectivity index (χ2n) is 10.4. The Hall–Kier alpha value is -2.70. The first-order valence-electron chi connectivity index (χ1n) is 11.4. The van der Waals surface area contributed by atoms with Crippen LogP contribution in [0.4, 0.5) is 5.95 Å². The Kier molecular flexibility index (Phi) is 4.73. The molecule has 1 heterocycles. The summed E-state index contributed by atoms with van der Waals surface area (Å²) in [5.74, 6) is 0.998. The standard InChI is InChI=1S/C26H31N3O3/c1-24(2,31)19-9-10-20-21(13-19)29(26-12-11-17(14-26)15-26)23(27-20)28-22(30)16-25(3,32)18-7-5-4-6-8-18/h4-10,13,17,31-32H,11-12,14-16H2,1-3H3,(H,27,28,30). The maximum atomic E-state index is 13.0. The van der Waals surface area contributed by atoms with Gasteiger partial charge in [-0.2, -0.15) is 0 Å². The molecule has 3 aromatic rings. The number of fused-ring (bicyclic) bond motifs is 2. The third-order valence-electron chi connectivity index (χ3n) is 7.34. The van der Waals surface area contributed by atoms with Gasteiger partial charge >= 0.3 is 0 Å². The van der Waals surface area contributed by atoms with Gasteiger partial charge in [0.25, 0.3) is 0 Å². The third kappa shape index (κ3) is 3.51. The molecule has 3 aliphatic carbocycles. The maximum Gasteiger partial charge on any atom is 0.229 e. The molecule has 0 saturated heterocycles. The lowest BCUT2D eigenvalue weighted by atomic mass is 9.76. The zero-order chi connectivity index (χ0) is 22.7. The van der Waals surface area contributed by atoms with Crippen molar-refractivity contribution in [1.82, 2.24) is 9.55 Å². The first kappa shape index (κ1) is 21.2. The molecule has 0 radical (unpaired) electrons. The van der Waals surface area contributed by atoms with Crippen molar-refractivity contribution in [3.8, 4) is 0 Å². The zero-order valence-corrected chi connectivity index (χ0v) is 18.9. The first-order chi connectivity index (χ1) is 15.1. The van der Waals surface area contributed by atoms with Crippen LogP contribution >= 0.6 is 0 Å². The lowest BCUT2D eigenvalue weighted by molar-refractivity contribution is -0.120. The Morgan fingerprint density at radius 2 is 1.84 bits per heavy atom. The van der Waals surface area contributed by atoms with Crippen LogP contribution in [0.5, 0.6) is 0 Å². The smallest absolute Gasteiger partial charge is 0.229 e. The van der Waals surface area contributed by atoms with Gasteiger partial charge < -0.3 is 14.8 Å². The first-order valence-corrected chi connectivity index (χ1v) is 11.4. The summed E-state index contributed by atoms with van der Waals surface area (Å²) in [6, 6.07) is 15.0. The maximum absolute atomic E-state index is 13.0. The van der Waals surface area contributed by atoms with Gasteiger partial charge in [0, 0.05) is 5.54 Å². The number of nitrogens with zero attached hydrogens (tertiary/aromatic N) is 2. The highest BCUT2D eigenvalue weighted by molar-refractivity contribution is 5.92. The fourth-order valence-corrected chi connectivity index (χ4v) is 5.59. The van der Waals surface area contributed by atoms with Crippen LogP contribution in [0.15, 0.2) is 48.5 Å². The number of benzene rings is 2. The number of hydrogen-bond acceptors (Lipinski definition) is 4. The predicted molar refractivity (Wildman–Crippen MR) is 124 cm³/mol. The Bertz CT molecular complexity index is 1160. The van der Waals surface area contributed by atoms with Crippen molar-refractivity contribution in [2.45, 2.75) is 69.6 Å². The average Bonchev–Trinajstić information content (AvgIpc) is 3.38. The van der Waals surface area contributed by atoms with E-state index < -0.39 is 11.2 Å². The van der Waals surface area contributed by atoms with Crippen LogP contribution in [0.25, 0.3) is 11.0 Å². The molecule has 3 N–H and O–H groups in total. The molecule has 1 atom stereocenters. The van der Waals surface area contributed by atoms with E-state index in [0.29, 0.717) is 11.5 Å². The molecule has 2 aromatic carbocycles. The fraction of sp³-hybridized carbons (Fsp3) is 0.462. The molecule has 1 aromatic heterocycles. The van der Waals surface area contributed by atoms with Gasteiger partial charge in [-0.05, 0) is 75.6 Å². The van der Waals surface area contributed by atoms with E-state index in [9.17, 15) is 15.0 Å². The summed E-state index contributed by atoms with van der Waals surface area (Å²) >= 11 is 0. The molecule has 0 aliphatic heterocycles. The molecule has 3 aliphatic rings. The normalized spacial score (nSPS) is 24.2. The summed E-state index contributed by atoms with van der Waals surface area (Å²) in [6.45, 7) is 5.21. The minimum atomic E-state index is -1.27. The largest absolute Gasteiger partial charge is 0.386 e. The van der Waals surface area contributed by atoms with E-state index in [1.165, 1.54) is 6.42 Å². The minimum Gasteiger partial charge on any atom is -0.386 e. The van der Waals surface area contributed by atoms with Crippen molar-refractivity contribution in [3.05, 3.63) is 59.7 Å². The van der Waals surface area contributed by atoms with Crippen LogP contribution < -0.4 is 5.32 Å². The van der Waals surface area contributed by atoms with E-state index in [2.05, 4.69) is 9.88 Å². The fourth-order valence-electron chi connectivity index (χ4n) is 5.59. The third-order valence-corrected chi connectivity index (χ3v) is 7.34. The number of imidazole rings is 1. The van der Waals surface area contributed by atoms with Crippen LogP contribution in [-0.4, -0.2) is 25.7 Å². The number of aromatic nitrogens is 2. The molecule has 3 fully saturated rings. The molecule has 32 heavy (non-hydrogen) atoms. The van der Waals surface area contributed by atoms with E-state index in [-0.39, 0.29) is 17.9 Å². The molecule has 3 saturated carbocycles. The van der Waals surface area contributed by atoms with Crippen molar-refractivity contribution in [2.75, 3.05) is 5.32 Å². The van der Waals surface area contributed by atoms with E-state index in [1.54, 1.807) is 20.8 Å². The summed E-state index contributed by atoms with van der Waals surface area (Å²) in [7, 11) is 0. The van der Waals surface area contributed by atoms with E-state index in [0.717, 1.165) is 41.8 Å². The number of rotatable bonds is 6. The van der Waals surface area contributed by atoms with Gasteiger partial charge in [0.15, 0.2) is 0 Å². The van der Waals surface area contributed by atoms with Gasteiger partial charge in [-0.3, -0.25) is 10.1 Å². The Balaban J connectivity index is 1.50. The molecule has 168 valence electrons. The molecule has 6 heteroatoms. The number of anilines is 1. The topological polar surface area (TPSA) is 87.4 Å². The number of aliphatic hydroxyl groups is 2. The molecule has 6 nitrogen and oxygen atoms in total. The van der Waals surface area contributed by atoms with Gasteiger partial charge in [0.2, 0.25) is 11.9 Å². The minimum absolute atomic E-state index is 0.0256. The average molecular weight is 434 g/mol. The van der Waals surface area contributed by atoms with Crippen molar-refractivity contribution in [1.29, 1.82) is 0 Å². The van der Waals surface area contributed by atoms with E-state index in [4.69, 9.17) is 4.98 Å². The summed E-state index contributed by atoms with van der Waals surface area (Å²) in [5, 5.41) is 24.5. The Labute approximate surface area is 188 Å². The summed E-state index contributed by atoms with van der Waals surface area (Å²) in [4.78, 5) is 17.8. The zero-order valence-electron chi connectivity index (χ0n) is 18.9. The van der Waals surface area contributed by atoms with Crippen molar-refractivity contribution in [3.63, 3.8) is 0 Å². The predicted octanol–water partition coefficient (Wildman–Crippen LogP) is 4.40. The highest BCUT2D eigenvalue weighted by atomic mass is 16.3. The van der Waals surface area contributed by atoms with Crippen LogP contribution in [-0.2, 0) is 21.5 Å². The van der Waals surface area contributed by atoms with E-state index >= 15 is 0 Å². The van der Waals surface area contributed by atoms with Crippen LogP contribution in [0.2, 0.25) is 0 Å². The molecular formula is C26H31N3O3. The Morgan fingerprint density at radius 3 is 2.47 bits per heavy atom. The summed E-state index contributed by atoms with van der Waals surface area (Å²) in [6.07, 6.45) is 4.39. The highest BCUT2D eigenvalue weighted by Crippen LogP contribution is 2.58. The molecule has 2 bridgehead atoms. The lowest BCUT2D eigenvalue weighted by Crippen LogP contribution is -2.40. The van der Waals surface area contributed by atoms with Gasteiger partial charge in [0.05, 0.1) is 28.7 Å². The SMILES string of the molecule is CC(C)(O)c1ccc2nc(NC(=O)CC(C)(O)c3ccccc3)n(C34CCC(C3)C4)c2c1. The number of amides is 1. The second kappa shape index (κ2) is 7.15. The van der Waals surface area contributed by atoms with Gasteiger partial charge in [-0.15, -0.1) is 0 Å². The summed E-state index contributed by atoms with van der Waals surface area (Å²) in [5.41, 5.74) is 1.00. The number of carbonyl (C=O) groups excluding carboxylic acids is 1. The van der Waals surface area contributed by atoms with Crippen molar-refractivity contribution in [2.24, 2.45) is 5.92 Å². The molecule has 0 spiro atoms. The van der Waals surface area contributed by atoms with Crippen LogP contribution in [0.3, 0.4) is 0 Å². The highest BCUT2D eigenvalue weighted by Gasteiger charge is 2.53. The van der Waals surface area contributed by atoms with Gasteiger partial charge in [0.1, 0.15) is 0 Å². The van der Waals surface area contributed by atoms with Crippen molar-refractivity contribution < 1.29 is 15.0 Å². The molecule has 1 amide bonds. The quantitative estimate of drug-likeness (QED) is 0.538. The van der Waals surface area contributed by atoms with Gasteiger partial charge in [-0.25, -0.2) is 4.98 Å². The van der Waals surface area contributed by atoms with Crippen LogP contribution in [0.1, 0.15) is 64.0 Å². The molecular weight excluding hydrogens is 402 g/mol. The number of carbonyl (C=O) groups is 1. The monoisotopic (exact) mass is 433 g/mol. The lowest BCUT2D eigenvalue weighted by Gasteiger charge is -2.41. The van der Waals surface area contributed by atoms with Gasteiger partial charge in [-0.1, -0.05) is 36.4 Å². The Morgan fingerprint density at radius 1 is 1.12 bits per heavy atom.